The van der Waals surface area contributed by atoms with E-state index in [4.69, 9.17) is 0 Å². The molecule has 278 valence electrons. The first-order chi connectivity index (χ1) is 23.7. The highest BCUT2D eigenvalue weighted by molar-refractivity contribution is 7.19. The third kappa shape index (κ3) is 10.3. The van der Waals surface area contributed by atoms with Gasteiger partial charge in [0.1, 0.15) is 6.15 Å². The van der Waals surface area contributed by atoms with Crippen LogP contribution in [0.2, 0.25) is 0 Å². The highest BCUT2D eigenvalue weighted by Gasteiger charge is 2.38. The lowest BCUT2D eigenvalue weighted by Gasteiger charge is -2.44. The summed E-state index contributed by atoms with van der Waals surface area (Å²) in [6.07, 6.45) is -18.0. The Morgan fingerprint density at radius 1 is 0.353 bits per heavy atom. The molecular weight excluding hydrogens is 697 g/mol. The van der Waals surface area contributed by atoms with Crippen LogP contribution < -0.4 is 26.8 Å². The van der Waals surface area contributed by atoms with Gasteiger partial charge in [-0.05, 0) is 19.3 Å². The van der Waals surface area contributed by atoms with Gasteiger partial charge in [0.05, 0.1) is 41.9 Å². The third-order valence-electron chi connectivity index (χ3n) is 8.76. The van der Waals surface area contributed by atoms with Crippen molar-refractivity contribution >= 4 is 28.0 Å². The second-order valence-corrected chi connectivity index (χ2v) is 12.3. The summed E-state index contributed by atoms with van der Waals surface area (Å²) in [6, 6.07) is 13.6. The lowest BCUT2D eigenvalue weighted by Crippen LogP contribution is -3.11. The zero-order valence-electron chi connectivity index (χ0n) is 28.1. The van der Waals surface area contributed by atoms with E-state index in [1.165, 1.54) is 38.9 Å². The molecule has 14 heteroatoms. The molecule has 0 radical (unpaired) electrons. The Balaban J connectivity index is 0.000000612. The monoisotopic (exact) mass is 735 g/mol. The van der Waals surface area contributed by atoms with Gasteiger partial charge in [0.25, 0.3) is 0 Å². The zero-order chi connectivity index (χ0) is 38.3. The number of quaternary nitrogens is 1. The van der Waals surface area contributed by atoms with Gasteiger partial charge in [-0.25, -0.2) is 0 Å². The normalized spacial score (nSPS) is 12.9. The molecule has 1 N–H and O–H groups in total. The molecule has 1 nitrogen and oxygen atoms in total. The molecule has 0 bridgehead atoms. The predicted molar refractivity (Wildman–Crippen MR) is 177 cm³/mol. The molecule has 51 heavy (non-hydrogen) atoms. The summed E-state index contributed by atoms with van der Waals surface area (Å²) in [6.45, 7) is 10.9. The van der Waals surface area contributed by atoms with Crippen LogP contribution in [0.3, 0.4) is 0 Å². The maximum absolute atomic E-state index is 13.3. The first-order valence-corrected chi connectivity index (χ1v) is 16.4. The van der Waals surface area contributed by atoms with Crippen molar-refractivity contribution in [2.75, 3.05) is 19.6 Å². The van der Waals surface area contributed by atoms with Crippen LogP contribution in [0.25, 0.3) is 0 Å². The maximum Gasteiger partial charge on any atom is 0.416 e. The first kappa shape index (κ1) is 41.5. The highest BCUT2D eigenvalue weighted by Crippen LogP contribution is 2.32. The predicted octanol–water partition coefficient (Wildman–Crippen LogP) is 8.24. The van der Waals surface area contributed by atoms with E-state index in [2.05, 4.69) is 20.8 Å². The number of halogens is 12. The van der Waals surface area contributed by atoms with Gasteiger partial charge in [0.15, 0.2) is 0 Å². The van der Waals surface area contributed by atoms with Crippen molar-refractivity contribution in [1.29, 1.82) is 0 Å². The summed E-state index contributed by atoms with van der Waals surface area (Å²) >= 11 is 0. The Hall–Kier alpha value is -3.94. The minimum atomic E-state index is -4.77. The molecule has 0 saturated carbocycles. The van der Waals surface area contributed by atoms with E-state index >= 15 is 0 Å². The zero-order valence-corrected chi connectivity index (χ0v) is 28.1. The third-order valence-corrected chi connectivity index (χ3v) is 8.76. The molecule has 0 heterocycles. The van der Waals surface area contributed by atoms with Gasteiger partial charge in [-0.15, -0.1) is 0 Å². The van der Waals surface area contributed by atoms with Crippen molar-refractivity contribution in [3.05, 3.63) is 119 Å². The molecular formula is C37H38BF12N. The standard InChI is InChI=1S/C28H16BF12.C9H21N/c30-25(31,32)17-1-9-21(10-2-17)29(22-11-3-18(4-12-22)26(33,34)35,23-13-5-19(6-14-23)27(36,37)38)24-15-7-20(8-16-24)28(39,40)41;1-4-7-10(8-5-2)9-6-3/h1-16H;4-9H2,1-3H3/q-1;/p+1. The molecule has 0 aromatic heterocycles. The second-order valence-electron chi connectivity index (χ2n) is 12.3. The number of rotatable bonds is 10. The number of hydrogen-bond donors (Lipinski definition) is 1. The van der Waals surface area contributed by atoms with Crippen molar-refractivity contribution in [2.24, 2.45) is 0 Å². The summed E-state index contributed by atoms with van der Waals surface area (Å²) in [7, 11) is 0. The van der Waals surface area contributed by atoms with Crippen molar-refractivity contribution in [3.63, 3.8) is 0 Å². The van der Waals surface area contributed by atoms with Crippen molar-refractivity contribution in [2.45, 2.75) is 64.7 Å². The smallest absolute Gasteiger partial charge is 0.335 e. The second kappa shape index (κ2) is 16.6. The van der Waals surface area contributed by atoms with E-state index in [0.717, 1.165) is 48.5 Å². The minimum Gasteiger partial charge on any atom is -0.335 e. The Kier molecular flexibility index (Phi) is 13.5. The average Bonchev–Trinajstić information content (AvgIpc) is 3.05. The average molecular weight is 736 g/mol. The Morgan fingerprint density at radius 3 is 0.667 bits per heavy atom. The van der Waals surface area contributed by atoms with Gasteiger partial charge < -0.3 is 4.90 Å². The quantitative estimate of drug-likeness (QED) is 0.124. The van der Waals surface area contributed by atoms with E-state index in [1.807, 2.05) is 0 Å². The topological polar surface area (TPSA) is 4.44 Å². The molecule has 0 spiro atoms. The fourth-order valence-corrected chi connectivity index (χ4v) is 6.43. The van der Waals surface area contributed by atoms with Crippen LogP contribution in [0.1, 0.15) is 62.3 Å². The molecule has 0 aliphatic rings. The lowest BCUT2D eigenvalue weighted by atomic mass is 9.13. The van der Waals surface area contributed by atoms with Gasteiger partial charge in [-0.3, -0.25) is 0 Å². The maximum atomic E-state index is 13.3. The Morgan fingerprint density at radius 2 is 0.529 bits per heavy atom. The van der Waals surface area contributed by atoms with E-state index in [1.54, 1.807) is 4.90 Å². The van der Waals surface area contributed by atoms with Crippen LogP contribution in [0.4, 0.5) is 52.7 Å². The van der Waals surface area contributed by atoms with Crippen molar-refractivity contribution < 1.29 is 57.6 Å². The fourth-order valence-electron chi connectivity index (χ4n) is 6.43. The molecule has 0 amide bonds. The molecule has 4 rings (SSSR count). The van der Waals surface area contributed by atoms with E-state index < -0.39 is 53.1 Å². The van der Waals surface area contributed by atoms with Crippen LogP contribution in [-0.4, -0.2) is 25.8 Å². The van der Waals surface area contributed by atoms with Gasteiger partial charge in [-0.1, -0.05) is 118 Å². The molecule has 4 aromatic carbocycles. The number of nitrogens with one attached hydrogen (secondary N) is 1. The van der Waals surface area contributed by atoms with E-state index in [9.17, 15) is 52.7 Å². The summed E-state index contributed by atoms with van der Waals surface area (Å²) in [5.41, 5.74) is -4.29. The molecule has 0 fully saturated rings. The van der Waals surface area contributed by atoms with Gasteiger partial charge >= 0.3 is 24.7 Å². The Labute approximate surface area is 289 Å². The minimum absolute atomic E-state index is 0.0114. The SMILES string of the molecule is CCC[NH+](CCC)CCC.FC(F)(F)c1ccc([B-](c2ccc(C(F)(F)F)cc2)(c2ccc(C(F)(F)F)cc2)c2ccc(C(F)(F)F)cc2)cc1. The fraction of sp³-hybridized carbons (Fsp3) is 0.351. The van der Waals surface area contributed by atoms with Gasteiger partial charge in [0, 0.05) is 0 Å². The summed E-state index contributed by atoms with van der Waals surface area (Å²) in [5, 5.41) is 0. The van der Waals surface area contributed by atoms with Crippen LogP contribution in [0, 0.1) is 0 Å². The van der Waals surface area contributed by atoms with Crippen molar-refractivity contribution in [1.82, 2.24) is 0 Å². The van der Waals surface area contributed by atoms with Crippen LogP contribution in [0.15, 0.2) is 97.1 Å². The first-order valence-electron chi connectivity index (χ1n) is 16.4. The van der Waals surface area contributed by atoms with Gasteiger partial charge in [-0.2, -0.15) is 74.5 Å². The Bertz CT molecular complexity index is 1390. The van der Waals surface area contributed by atoms with E-state index in [0.29, 0.717) is 48.5 Å². The lowest BCUT2D eigenvalue weighted by molar-refractivity contribution is -0.900. The largest absolute Gasteiger partial charge is 0.416 e. The number of hydrogen-bond acceptors (Lipinski definition) is 0. The molecule has 0 atom stereocenters. The molecule has 0 saturated heterocycles. The van der Waals surface area contributed by atoms with Gasteiger partial charge in [0.2, 0.25) is 0 Å². The summed E-state index contributed by atoms with van der Waals surface area (Å²) in [4.78, 5) is 1.78. The summed E-state index contributed by atoms with van der Waals surface area (Å²) in [5.74, 6) is 0. The summed E-state index contributed by atoms with van der Waals surface area (Å²) < 4.78 is 160. The molecule has 0 aliphatic carbocycles. The van der Waals surface area contributed by atoms with Crippen LogP contribution in [-0.2, 0) is 24.7 Å². The van der Waals surface area contributed by atoms with Crippen molar-refractivity contribution in [3.8, 4) is 0 Å². The number of benzene rings is 4. The van der Waals surface area contributed by atoms with Crippen LogP contribution >= 0.6 is 0 Å². The molecule has 0 unspecified atom stereocenters. The number of alkyl halides is 12. The highest BCUT2D eigenvalue weighted by atomic mass is 19.4. The van der Waals surface area contributed by atoms with Crippen LogP contribution in [0.5, 0.6) is 0 Å². The molecule has 4 aromatic rings. The molecule has 0 aliphatic heterocycles. The van der Waals surface area contributed by atoms with E-state index in [-0.39, 0.29) is 21.9 Å².